The maximum Gasteiger partial charge on any atom is 0.336 e. The number of benzene rings is 3. The van der Waals surface area contributed by atoms with E-state index in [0.717, 1.165) is 33.2 Å². The van der Waals surface area contributed by atoms with Crippen LogP contribution in [0.1, 0.15) is 21.6 Å². The number of aromatic nitrogens is 3. The Labute approximate surface area is 182 Å². The molecule has 0 fully saturated rings. The highest BCUT2D eigenvalue weighted by Crippen LogP contribution is 2.34. The molecule has 0 saturated carbocycles. The maximum atomic E-state index is 11.4. The lowest BCUT2D eigenvalue weighted by Gasteiger charge is -2.05. The van der Waals surface area contributed by atoms with Gasteiger partial charge in [0.2, 0.25) is 0 Å². The van der Waals surface area contributed by atoms with Crippen molar-refractivity contribution in [2.75, 3.05) is 0 Å². The van der Waals surface area contributed by atoms with Crippen LogP contribution in [-0.2, 0) is 0 Å². The second kappa shape index (κ2) is 7.18. The Kier molecular flexibility index (Phi) is 4.45. The van der Waals surface area contributed by atoms with Crippen LogP contribution in [0.4, 0.5) is 0 Å². The molecule has 3 aromatic carbocycles. The fourth-order valence-corrected chi connectivity index (χ4v) is 4.00. The first-order chi connectivity index (χ1) is 14.9. The predicted molar refractivity (Wildman–Crippen MR) is 121 cm³/mol. The molecule has 0 aliphatic carbocycles. The van der Waals surface area contributed by atoms with E-state index < -0.39 is 5.97 Å². The van der Waals surface area contributed by atoms with Gasteiger partial charge in [0.05, 0.1) is 21.6 Å². The van der Waals surface area contributed by atoms with Gasteiger partial charge in [-0.05, 0) is 67.4 Å². The van der Waals surface area contributed by atoms with E-state index in [0.29, 0.717) is 21.9 Å². The molecule has 0 amide bonds. The Bertz CT molecular complexity index is 1480. The van der Waals surface area contributed by atoms with Gasteiger partial charge in [0, 0.05) is 22.2 Å². The Morgan fingerprint density at radius 2 is 1.84 bits per heavy atom. The van der Waals surface area contributed by atoms with E-state index in [2.05, 4.69) is 27.1 Å². The van der Waals surface area contributed by atoms with E-state index in [-0.39, 0.29) is 11.6 Å². The van der Waals surface area contributed by atoms with Crippen molar-refractivity contribution in [3.63, 3.8) is 0 Å². The van der Waals surface area contributed by atoms with Crippen LogP contribution in [0, 0.1) is 13.8 Å². The Morgan fingerprint density at radius 1 is 1.00 bits per heavy atom. The van der Waals surface area contributed by atoms with Gasteiger partial charge in [0.25, 0.3) is 6.01 Å². The fraction of sp³-hybridized carbons (Fsp3) is 0.0833. The number of hydrogen-bond acceptors (Lipinski definition) is 3. The Morgan fingerprint density at radius 3 is 2.65 bits per heavy atom. The number of imidazole rings is 1. The summed E-state index contributed by atoms with van der Waals surface area (Å²) < 4.78 is 5.78. The van der Waals surface area contributed by atoms with Crippen LogP contribution in [0.3, 0.4) is 0 Å². The highest BCUT2D eigenvalue weighted by Gasteiger charge is 2.13. The first-order valence-corrected chi connectivity index (χ1v) is 10.1. The van der Waals surface area contributed by atoms with E-state index in [1.807, 2.05) is 31.2 Å². The van der Waals surface area contributed by atoms with Gasteiger partial charge in [-0.3, -0.25) is 0 Å². The molecule has 0 aliphatic rings. The van der Waals surface area contributed by atoms with Crippen molar-refractivity contribution >= 4 is 39.5 Å². The molecule has 3 N–H and O–H groups in total. The summed E-state index contributed by atoms with van der Waals surface area (Å²) >= 11 is 6.57. The zero-order valence-electron chi connectivity index (χ0n) is 16.8. The van der Waals surface area contributed by atoms with Crippen LogP contribution in [0.5, 0.6) is 11.8 Å². The van der Waals surface area contributed by atoms with Crippen molar-refractivity contribution in [1.82, 2.24) is 15.0 Å². The number of nitrogens with zero attached hydrogens (tertiary/aromatic N) is 1. The predicted octanol–water partition coefficient (Wildman–Crippen LogP) is 6.47. The number of carboxylic acid groups (broad SMARTS) is 1. The average molecular weight is 432 g/mol. The summed E-state index contributed by atoms with van der Waals surface area (Å²) in [7, 11) is 0. The van der Waals surface area contributed by atoms with E-state index in [4.69, 9.17) is 16.3 Å². The Hall–Kier alpha value is -3.77. The third-order valence-electron chi connectivity index (χ3n) is 5.27. The molecule has 31 heavy (non-hydrogen) atoms. The number of H-pyrrole nitrogens is 2. The SMILES string of the molecule is Cc1cc2cc(-c3cc4nc(Oc5ccc(C)c(C(=O)O)c5)[nH]c4cc3Cl)ccc2[nH]1. The van der Waals surface area contributed by atoms with Crippen LogP contribution < -0.4 is 4.74 Å². The summed E-state index contributed by atoms with van der Waals surface area (Å²) in [6.45, 7) is 3.77. The van der Waals surface area contributed by atoms with Crippen molar-refractivity contribution < 1.29 is 14.6 Å². The van der Waals surface area contributed by atoms with Gasteiger partial charge in [-0.1, -0.05) is 23.7 Å². The van der Waals surface area contributed by atoms with Gasteiger partial charge in [-0.15, -0.1) is 0 Å². The molecular weight excluding hydrogens is 414 g/mol. The van der Waals surface area contributed by atoms with Crippen LogP contribution >= 0.6 is 11.6 Å². The molecule has 0 unspecified atom stereocenters. The summed E-state index contributed by atoms with van der Waals surface area (Å²) in [5.41, 5.74) is 6.32. The minimum absolute atomic E-state index is 0.189. The minimum atomic E-state index is -1.00. The van der Waals surface area contributed by atoms with Gasteiger partial charge in [-0.2, -0.15) is 4.98 Å². The highest BCUT2D eigenvalue weighted by atomic mass is 35.5. The van der Waals surface area contributed by atoms with Crippen LogP contribution in [0.15, 0.2) is 54.6 Å². The molecule has 0 saturated heterocycles. The smallest absolute Gasteiger partial charge is 0.336 e. The Balaban J connectivity index is 1.52. The molecule has 0 spiro atoms. The van der Waals surface area contributed by atoms with Crippen molar-refractivity contribution in [3.8, 4) is 22.9 Å². The molecular formula is C24H18ClN3O3. The monoisotopic (exact) mass is 431 g/mol. The lowest BCUT2D eigenvalue weighted by atomic mass is 10.0. The number of halogens is 1. The normalized spacial score (nSPS) is 11.3. The van der Waals surface area contributed by atoms with Gasteiger partial charge < -0.3 is 19.8 Å². The zero-order chi connectivity index (χ0) is 21.7. The molecule has 0 atom stereocenters. The minimum Gasteiger partial charge on any atom is -0.478 e. The number of aromatic amines is 2. The van der Waals surface area contributed by atoms with Gasteiger partial charge in [0.1, 0.15) is 5.75 Å². The number of carbonyl (C=O) groups is 1. The number of carboxylic acids is 1. The number of aromatic carboxylic acids is 1. The van der Waals surface area contributed by atoms with Gasteiger partial charge in [0.15, 0.2) is 0 Å². The number of nitrogens with one attached hydrogen (secondary N) is 2. The van der Waals surface area contributed by atoms with Crippen LogP contribution in [0.2, 0.25) is 5.02 Å². The van der Waals surface area contributed by atoms with Crippen molar-refractivity contribution in [2.45, 2.75) is 13.8 Å². The van der Waals surface area contributed by atoms with Gasteiger partial charge in [-0.25, -0.2) is 4.79 Å². The standard InChI is InChI=1S/C24H18ClN3O3/c1-12-3-5-16(9-17(12)23(29)30)31-24-27-21-10-18(19(25)11-22(21)28-24)14-4-6-20-15(8-14)7-13(2)26-20/h3-11,26H,1-2H3,(H,27,28)(H,29,30). The van der Waals surface area contributed by atoms with Crippen molar-refractivity contribution in [2.24, 2.45) is 0 Å². The van der Waals surface area contributed by atoms with Crippen LogP contribution in [-0.4, -0.2) is 26.0 Å². The second-order valence-corrected chi connectivity index (χ2v) is 7.94. The molecule has 154 valence electrons. The molecule has 2 aromatic heterocycles. The number of aryl methyl sites for hydroxylation is 2. The van der Waals surface area contributed by atoms with E-state index in [1.165, 1.54) is 6.07 Å². The highest BCUT2D eigenvalue weighted by molar-refractivity contribution is 6.34. The number of hydrogen-bond donors (Lipinski definition) is 3. The molecule has 5 aromatic rings. The summed E-state index contributed by atoms with van der Waals surface area (Å²) in [4.78, 5) is 22.3. The topological polar surface area (TPSA) is 91.0 Å². The first kappa shape index (κ1) is 19.2. The summed E-state index contributed by atoms with van der Waals surface area (Å²) in [6, 6.07) is 17.1. The number of rotatable bonds is 4. The third kappa shape index (κ3) is 3.51. The number of fused-ring (bicyclic) bond motifs is 2. The lowest BCUT2D eigenvalue weighted by Crippen LogP contribution is -2.00. The zero-order valence-corrected chi connectivity index (χ0v) is 17.5. The molecule has 7 heteroatoms. The molecule has 6 nitrogen and oxygen atoms in total. The van der Waals surface area contributed by atoms with Crippen molar-refractivity contribution in [1.29, 1.82) is 0 Å². The second-order valence-electron chi connectivity index (χ2n) is 7.53. The first-order valence-electron chi connectivity index (χ1n) is 9.68. The molecule has 0 aliphatic heterocycles. The van der Waals surface area contributed by atoms with Crippen molar-refractivity contribution in [3.05, 3.63) is 76.4 Å². The molecule has 0 radical (unpaired) electrons. The molecule has 2 heterocycles. The van der Waals surface area contributed by atoms with E-state index in [1.54, 1.807) is 19.1 Å². The van der Waals surface area contributed by atoms with Crippen LogP contribution in [0.25, 0.3) is 33.1 Å². The third-order valence-corrected chi connectivity index (χ3v) is 5.58. The molecule has 0 bridgehead atoms. The molecule has 5 rings (SSSR count). The fourth-order valence-electron chi connectivity index (χ4n) is 3.73. The summed E-state index contributed by atoms with van der Waals surface area (Å²) in [5, 5.41) is 11.0. The maximum absolute atomic E-state index is 11.4. The largest absolute Gasteiger partial charge is 0.478 e. The van der Waals surface area contributed by atoms with Gasteiger partial charge >= 0.3 is 5.97 Å². The quantitative estimate of drug-likeness (QED) is 0.304. The summed E-state index contributed by atoms with van der Waals surface area (Å²) in [6.07, 6.45) is 0. The van der Waals surface area contributed by atoms with E-state index >= 15 is 0 Å². The summed E-state index contributed by atoms with van der Waals surface area (Å²) in [5.74, 6) is -0.611. The average Bonchev–Trinajstić information content (AvgIpc) is 3.29. The lowest BCUT2D eigenvalue weighted by molar-refractivity contribution is 0.0695. The number of ether oxygens (including phenoxy) is 1. The van der Waals surface area contributed by atoms with E-state index in [9.17, 15) is 9.90 Å².